The van der Waals surface area contributed by atoms with Crippen LogP contribution in [0.4, 0.5) is 0 Å². The van der Waals surface area contributed by atoms with Gasteiger partial charge in [0, 0.05) is 6.20 Å². The van der Waals surface area contributed by atoms with E-state index in [4.69, 9.17) is 0 Å². The molecule has 0 amide bonds. The van der Waals surface area contributed by atoms with Crippen molar-refractivity contribution in [1.29, 1.82) is 0 Å². The summed E-state index contributed by atoms with van der Waals surface area (Å²) in [6.07, 6.45) is 1.72. The Balaban J connectivity index is 2.60. The quantitative estimate of drug-likeness (QED) is 0.831. The van der Waals surface area contributed by atoms with Gasteiger partial charge in [-0.1, -0.05) is 12.1 Å². The highest BCUT2D eigenvalue weighted by Gasteiger charge is 2.02. The molecule has 1 aromatic carbocycles. The number of benzene rings is 1. The van der Waals surface area contributed by atoms with E-state index in [0.29, 0.717) is 4.60 Å². The van der Waals surface area contributed by atoms with Gasteiger partial charge in [0.05, 0.1) is 5.69 Å². The molecule has 0 saturated carbocycles. The Morgan fingerprint density at radius 2 is 2.21 bits per heavy atom. The van der Waals surface area contributed by atoms with Crippen LogP contribution in [0.2, 0.25) is 0 Å². The summed E-state index contributed by atoms with van der Waals surface area (Å²) in [5.74, 6) is 0. The van der Waals surface area contributed by atoms with Gasteiger partial charge in [0.15, 0.2) is 0 Å². The third-order valence-electron chi connectivity index (χ3n) is 1.97. The molecule has 0 bridgehead atoms. The lowest BCUT2D eigenvalue weighted by Gasteiger charge is -2.00. The zero-order valence-electron chi connectivity index (χ0n) is 7.62. The largest absolute Gasteiger partial charge is 0.330 e. The number of imidazole rings is 1. The van der Waals surface area contributed by atoms with Crippen molar-refractivity contribution in [2.75, 3.05) is 0 Å². The maximum Gasteiger partial charge on any atom is 0.330 e. The predicted octanol–water partition coefficient (Wildman–Crippen LogP) is 2.24. The Hall–Kier alpha value is -1.29. The molecule has 0 unspecified atom stereocenters. The topological polar surface area (TPSA) is 37.8 Å². The third kappa shape index (κ3) is 1.65. The molecule has 72 valence electrons. The number of H-pyrrole nitrogens is 1. The second-order valence-electron chi connectivity index (χ2n) is 3.12. The number of aromatic amines is 1. The van der Waals surface area contributed by atoms with Crippen LogP contribution in [0, 0.1) is 6.92 Å². The van der Waals surface area contributed by atoms with Gasteiger partial charge in [-0.2, -0.15) is 0 Å². The van der Waals surface area contributed by atoms with Gasteiger partial charge >= 0.3 is 5.69 Å². The molecule has 0 fully saturated rings. The molecule has 1 N–H and O–H groups in total. The average Bonchev–Trinajstić information content (AvgIpc) is 2.45. The van der Waals surface area contributed by atoms with Crippen LogP contribution in [0.1, 0.15) is 5.56 Å². The van der Waals surface area contributed by atoms with E-state index >= 15 is 0 Å². The van der Waals surface area contributed by atoms with Gasteiger partial charge in [0.25, 0.3) is 0 Å². The maximum absolute atomic E-state index is 11.4. The normalized spacial score (nSPS) is 10.4. The van der Waals surface area contributed by atoms with Crippen molar-refractivity contribution in [2.45, 2.75) is 6.92 Å². The minimum atomic E-state index is -0.137. The lowest BCUT2D eigenvalue weighted by atomic mass is 10.2. The molecule has 14 heavy (non-hydrogen) atoms. The summed E-state index contributed by atoms with van der Waals surface area (Å²) in [4.78, 5) is 14.1. The molecule has 0 aliphatic carbocycles. The van der Waals surface area contributed by atoms with E-state index < -0.39 is 0 Å². The lowest BCUT2D eigenvalue weighted by Crippen LogP contribution is -2.13. The number of nitrogens with one attached hydrogen (secondary N) is 1. The molecule has 0 atom stereocenters. The van der Waals surface area contributed by atoms with Gasteiger partial charge in [-0.25, -0.2) is 4.79 Å². The highest BCUT2D eigenvalue weighted by atomic mass is 79.9. The van der Waals surface area contributed by atoms with E-state index in [1.54, 1.807) is 10.8 Å². The molecule has 4 heteroatoms. The zero-order chi connectivity index (χ0) is 10.1. The molecule has 1 heterocycles. The van der Waals surface area contributed by atoms with E-state index in [-0.39, 0.29) is 5.69 Å². The van der Waals surface area contributed by atoms with Crippen molar-refractivity contribution in [3.8, 4) is 5.69 Å². The molecule has 0 saturated heterocycles. The second kappa shape index (κ2) is 3.46. The fourth-order valence-corrected chi connectivity index (χ4v) is 1.71. The van der Waals surface area contributed by atoms with Gasteiger partial charge in [-0.05, 0) is 40.5 Å². The van der Waals surface area contributed by atoms with Crippen LogP contribution < -0.4 is 5.69 Å². The molecule has 0 aliphatic heterocycles. The number of rotatable bonds is 1. The van der Waals surface area contributed by atoms with E-state index in [1.807, 2.05) is 31.2 Å². The minimum Gasteiger partial charge on any atom is -0.300 e. The first-order valence-electron chi connectivity index (χ1n) is 4.21. The molecule has 3 nitrogen and oxygen atoms in total. The Bertz CT molecular complexity index is 513. The van der Waals surface area contributed by atoms with Crippen molar-refractivity contribution in [3.05, 3.63) is 51.1 Å². The summed E-state index contributed by atoms with van der Waals surface area (Å²) in [5, 5.41) is 0. The Kier molecular flexibility index (Phi) is 2.29. The first-order chi connectivity index (χ1) is 6.66. The van der Waals surface area contributed by atoms with Gasteiger partial charge < -0.3 is 0 Å². The van der Waals surface area contributed by atoms with Crippen molar-refractivity contribution in [3.63, 3.8) is 0 Å². The Morgan fingerprint density at radius 3 is 2.79 bits per heavy atom. The van der Waals surface area contributed by atoms with Crippen molar-refractivity contribution in [2.24, 2.45) is 0 Å². The molecule has 1 aromatic heterocycles. The lowest BCUT2D eigenvalue weighted by molar-refractivity contribution is 0.985. The van der Waals surface area contributed by atoms with Crippen LogP contribution in [0.5, 0.6) is 0 Å². The van der Waals surface area contributed by atoms with Gasteiger partial charge in [-0.3, -0.25) is 9.55 Å². The van der Waals surface area contributed by atoms with Gasteiger partial charge in [-0.15, -0.1) is 0 Å². The van der Waals surface area contributed by atoms with Crippen molar-refractivity contribution >= 4 is 15.9 Å². The molecular formula is C10H9BrN2O. The van der Waals surface area contributed by atoms with E-state index in [9.17, 15) is 4.79 Å². The van der Waals surface area contributed by atoms with Gasteiger partial charge in [0.1, 0.15) is 4.60 Å². The first-order valence-corrected chi connectivity index (χ1v) is 5.00. The Morgan fingerprint density at radius 1 is 1.43 bits per heavy atom. The van der Waals surface area contributed by atoms with Crippen LogP contribution in [0.25, 0.3) is 5.69 Å². The smallest absolute Gasteiger partial charge is 0.300 e. The third-order valence-corrected chi connectivity index (χ3v) is 2.37. The average molecular weight is 253 g/mol. The predicted molar refractivity (Wildman–Crippen MR) is 58.8 cm³/mol. The SMILES string of the molecule is Cc1cccc(-n2cc(Br)[nH]c2=O)c1. The summed E-state index contributed by atoms with van der Waals surface area (Å²) >= 11 is 3.22. The number of halogens is 1. The second-order valence-corrected chi connectivity index (χ2v) is 3.97. The zero-order valence-corrected chi connectivity index (χ0v) is 9.21. The number of aromatic nitrogens is 2. The van der Waals surface area contributed by atoms with Crippen LogP contribution in [-0.2, 0) is 0 Å². The molecular weight excluding hydrogens is 244 g/mol. The van der Waals surface area contributed by atoms with Crippen LogP contribution in [-0.4, -0.2) is 9.55 Å². The molecule has 0 aliphatic rings. The number of aryl methyl sites for hydroxylation is 1. The molecule has 2 aromatic rings. The number of hydrogen-bond acceptors (Lipinski definition) is 1. The molecule has 0 radical (unpaired) electrons. The van der Waals surface area contributed by atoms with Crippen LogP contribution in [0.3, 0.4) is 0 Å². The van der Waals surface area contributed by atoms with Crippen molar-refractivity contribution in [1.82, 2.24) is 9.55 Å². The summed E-state index contributed by atoms with van der Waals surface area (Å²) < 4.78 is 2.25. The van der Waals surface area contributed by atoms with Gasteiger partial charge in [0.2, 0.25) is 0 Å². The van der Waals surface area contributed by atoms with E-state index in [1.165, 1.54) is 0 Å². The monoisotopic (exact) mass is 252 g/mol. The standard InChI is InChI=1S/C10H9BrN2O/c1-7-3-2-4-8(5-7)13-6-9(11)12-10(13)14/h2-6H,1H3,(H,12,14). The summed E-state index contributed by atoms with van der Waals surface area (Å²) in [6.45, 7) is 2.00. The summed E-state index contributed by atoms with van der Waals surface area (Å²) in [7, 11) is 0. The molecule has 2 rings (SSSR count). The maximum atomic E-state index is 11.4. The summed E-state index contributed by atoms with van der Waals surface area (Å²) in [5.41, 5.74) is 1.87. The van der Waals surface area contributed by atoms with E-state index in [0.717, 1.165) is 11.3 Å². The fraction of sp³-hybridized carbons (Fsp3) is 0.100. The van der Waals surface area contributed by atoms with Crippen LogP contribution >= 0.6 is 15.9 Å². The highest BCUT2D eigenvalue weighted by Crippen LogP contribution is 2.10. The first kappa shape index (κ1) is 9.27. The van der Waals surface area contributed by atoms with E-state index in [2.05, 4.69) is 20.9 Å². The number of hydrogen-bond donors (Lipinski definition) is 1. The Labute approximate surface area is 89.5 Å². The summed E-state index contributed by atoms with van der Waals surface area (Å²) in [6, 6.07) is 7.78. The highest BCUT2D eigenvalue weighted by molar-refractivity contribution is 9.10. The van der Waals surface area contributed by atoms with Crippen LogP contribution in [0.15, 0.2) is 39.9 Å². The minimum absolute atomic E-state index is 0.137. The fourth-order valence-electron chi connectivity index (χ4n) is 1.34. The molecule has 0 spiro atoms. The number of nitrogens with zero attached hydrogens (tertiary/aromatic N) is 1. The van der Waals surface area contributed by atoms with Crippen molar-refractivity contribution < 1.29 is 0 Å².